The van der Waals surface area contributed by atoms with Crippen LogP contribution in [0.25, 0.3) is 5.82 Å². The lowest BCUT2D eigenvalue weighted by atomic mass is 10.3. The zero-order valence-electron chi connectivity index (χ0n) is 15.7. The van der Waals surface area contributed by atoms with Crippen LogP contribution in [0.15, 0.2) is 36.7 Å². The molecule has 28 heavy (non-hydrogen) atoms. The van der Waals surface area contributed by atoms with Gasteiger partial charge in [-0.15, -0.1) is 0 Å². The fraction of sp³-hybridized carbons (Fsp3) is 0.263. The van der Waals surface area contributed by atoms with E-state index in [1.54, 1.807) is 35.9 Å². The van der Waals surface area contributed by atoms with E-state index in [4.69, 9.17) is 14.2 Å². The summed E-state index contributed by atoms with van der Waals surface area (Å²) in [6.07, 6.45) is 0.637. The first kappa shape index (κ1) is 17.8. The van der Waals surface area contributed by atoms with Gasteiger partial charge in [-0.25, -0.2) is 14.6 Å². The molecule has 1 aromatic carbocycles. The van der Waals surface area contributed by atoms with Crippen molar-refractivity contribution in [3.8, 4) is 23.1 Å². The number of nitrogens with one attached hydrogen (secondary N) is 1. The van der Waals surface area contributed by atoms with Crippen LogP contribution in [0.5, 0.6) is 17.2 Å². The van der Waals surface area contributed by atoms with Gasteiger partial charge in [-0.2, -0.15) is 5.10 Å². The van der Waals surface area contributed by atoms with Crippen molar-refractivity contribution in [2.24, 2.45) is 0 Å². The van der Waals surface area contributed by atoms with Crippen molar-refractivity contribution in [3.05, 3.63) is 48.0 Å². The summed E-state index contributed by atoms with van der Waals surface area (Å²) in [5.41, 5.74) is 1.82. The van der Waals surface area contributed by atoms with Gasteiger partial charge in [0.2, 0.25) is 6.79 Å². The number of amides is 1. The molecule has 0 bridgehead atoms. The minimum absolute atomic E-state index is 0.181. The standard InChI is InChI=1S/C19H19N5O4/c1-11-6-12(2)24(23-11)18-8-17(20-9-21-18)22-19(25)13(3)28-14-4-5-15-16(7-14)27-10-26-15/h4-9,13H,10H2,1-3H3,(H,20,21,22,25). The Morgan fingerprint density at radius 3 is 2.79 bits per heavy atom. The molecule has 0 fully saturated rings. The van der Waals surface area contributed by atoms with Crippen LogP contribution >= 0.6 is 0 Å². The largest absolute Gasteiger partial charge is 0.481 e. The molecule has 0 radical (unpaired) electrons. The zero-order valence-corrected chi connectivity index (χ0v) is 15.7. The number of rotatable bonds is 5. The number of benzene rings is 1. The fourth-order valence-corrected chi connectivity index (χ4v) is 2.83. The molecule has 2 aromatic heterocycles. The number of carbonyl (C=O) groups excluding carboxylic acids is 1. The summed E-state index contributed by atoms with van der Waals surface area (Å²) in [5, 5.41) is 7.13. The Balaban J connectivity index is 1.44. The Kier molecular flexibility index (Phi) is 4.56. The van der Waals surface area contributed by atoms with Gasteiger partial charge < -0.3 is 19.5 Å². The maximum absolute atomic E-state index is 12.5. The lowest BCUT2D eigenvalue weighted by Crippen LogP contribution is -2.30. The molecule has 0 aliphatic carbocycles. The SMILES string of the molecule is Cc1cc(C)n(-c2cc(NC(=O)C(C)Oc3ccc4c(c3)OCO4)ncn2)n1. The first-order valence-corrected chi connectivity index (χ1v) is 8.72. The quantitative estimate of drug-likeness (QED) is 0.724. The third-order valence-electron chi connectivity index (χ3n) is 4.16. The minimum Gasteiger partial charge on any atom is -0.481 e. The molecule has 3 aromatic rings. The van der Waals surface area contributed by atoms with Gasteiger partial charge in [0.05, 0.1) is 5.69 Å². The second-order valence-corrected chi connectivity index (χ2v) is 6.36. The third kappa shape index (κ3) is 3.59. The number of aryl methyl sites for hydroxylation is 2. The van der Waals surface area contributed by atoms with Crippen LogP contribution in [-0.2, 0) is 4.79 Å². The second-order valence-electron chi connectivity index (χ2n) is 6.36. The van der Waals surface area contributed by atoms with Crippen molar-refractivity contribution in [1.82, 2.24) is 19.7 Å². The maximum Gasteiger partial charge on any atom is 0.266 e. The maximum atomic E-state index is 12.5. The molecule has 144 valence electrons. The van der Waals surface area contributed by atoms with Crippen LogP contribution in [0.4, 0.5) is 5.82 Å². The highest BCUT2D eigenvalue weighted by molar-refractivity contribution is 5.93. The van der Waals surface area contributed by atoms with E-state index >= 15 is 0 Å². The number of hydrogen-bond acceptors (Lipinski definition) is 7. The fourth-order valence-electron chi connectivity index (χ4n) is 2.83. The summed E-state index contributed by atoms with van der Waals surface area (Å²) < 4.78 is 18.0. The molecule has 1 aliphatic rings. The molecular formula is C19H19N5O4. The van der Waals surface area contributed by atoms with Crippen molar-refractivity contribution in [2.75, 3.05) is 12.1 Å². The van der Waals surface area contributed by atoms with Gasteiger partial charge >= 0.3 is 0 Å². The Hall–Kier alpha value is -3.62. The normalized spacial score (nSPS) is 13.2. The number of nitrogens with zero attached hydrogens (tertiary/aromatic N) is 4. The van der Waals surface area contributed by atoms with E-state index in [2.05, 4.69) is 20.4 Å². The Labute approximate surface area is 161 Å². The number of anilines is 1. The van der Waals surface area contributed by atoms with Crippen molar-refractivity contribution >= 4 is 11.7 Å². The molecule has 1 aliphatic heterocycles. The molecule has 1 atom stereocenters. The minimum atomic E-state index is -0.743. The summed E-state index contributed by atoms with van der Waals surface area (Å²) >= 11 is 0. The molecule has 3 heterocycles. The molecule has 1 amide bonds. The molecular weight excluding hydrogens is 362 g/mol. The van der Waals surface area contributed by atoms with Crippen LogP contribution in [0.3, 0.4) is 0 Å². The van der Waals surface area contributed by atoms with E-state index in [0.29, 0.717) is 28.9 Å². The smallest absolute Gasteiger partial charge is 0.266 e. The molecule has 9 heteroatoms. The van der Waals surface area contributed by atoms with Crippen molar-refractivity contribution in [2.45, 2.75) is 26.9 Å². The molecule has 0 saturated carbocycles. The van der Waals surface area contributed by atoms with E-state index in [1.807, 2.05) is 19.9 Å². The summed E-state index contributed by atoms with van der Waals surface area (Å²) in [7, 11) is 0. The van der Waals surface area contributed by atoms with Gasteiger partial charge in [-0.1, -0.05) is 0 Å². The number of hydrogen-bond donors (Lipinski definition) is 1. The zero-order chi connectivity index (χ0) is 19.7. The number of aromatic nitrogens is 4. The highest BCUT2D eigenvalue weighted by Crippen LogP contribution is 2.35. The van der Waals surface area contributed by atoms with Crippen LogP contribution < -0.4 is 19.5 Å². The van der Waals surface area contributed by atoms with Gasteiger partial charge in [0.25, 0.3) is 5.91 Å². The van der Waals surface area contributed by atoms with E-state index in [0.717, 1.165) is 11.4 Å². The Morgan fingerprint density at radius 1 is 1.18 bits per heavy atom. The molecule has 0 spiro atoms. The number of fused-ring (bicyclic) bond motifs is 1. The topological polar surface area (TPSA) is 100 Å². The molecule has 9 nitrogen and oxygen atoms in total. The molecule has 4 rings (SSSR count). The van der Waals surface area contributed by atoms with E-state index in [1.165, 1.54) is 6.33 Å². The lowest BCUT2D eigenvalue weighted by Gasteiger charge is -2.15. The van der Waals surface area contributed by atoms with E-state index in [9.17, 15) is 4.79 Å². The molecule has 0 saturated heterocycles. The predicted molar refractivity (Wildman–Crippen MR) is 99.9 cm³/mol. The van der Waals surface area contributed by atoms with Gasteiger partial charge in [-0.3, -0.25) is 4.79 Å². The number of carbonyl (C=O) groups is 1. The first-order valence-electron chi connectivity index (χ1n) is 8.72. The summed E-state index contributed by atoms with van der Waals surface area (Å²) in [5.74, 6) is 2.36. The molecule has 1 N–H and O–H groups in total. The first-order chi connectivity index (χ1) is 13.5. The monoisotopic (exact) mass is 381 g/mol. The second kappa shape index (κ2) is 7.18. The van der Waals surface area contributed by atoms with E-state index < -0.39 is 6.10 Å². The van der Waals surface area contributed by atoms with Crippen LogP contribution in [0.2, 0.25) is 0 Å². The summed E-state index contributed by atoms with van der Waals surface area (Å²) in [4.78, 5) is 20.8. The van der Waals surface area contributed by atoms with Gasteiger partial charge in [0, 0.05) is 17.8 Å². The third-order valence-corrected chi connectivity index (χ3v) is 4.16. The van der Waals surface area contributed by atoms with Crippen LogP contribution in [0.1, 0.15) is 18.3 Å². The highest BCUT2D eigenvalue weighted by Gasteiger charge is 2.19. The van der Waals surface area contributed by atoms with Crippen LogP contribution in [0, 0.1) is 13.8 Å². The van der Waals surface area contributed by atoms with E-state index in [-0.39, 0.29) is 12.7 Å². The summed E-state index contributed by atoms with van der Waals surface area (Å²) in [6, 6.07) is 8.76. The molecule has 1 unspecified atom stereocenters. The van der Waals surface area contributed by atoms with Crippen molar-refractivity contribution < 1.29 is 19.0 Å². The van der Waals surface area contributed by atoms with Gasteiger partial charge in [-0.05, 0) is 39.0 Å². The van der Waals surface area contributed by atoms with Crippen LogP contribution in [-0.4, -0.2) is 38.6 Å². The average molecular weight is 381 g/mol. The van der Waals surface area contributed by atoms with Gasteiger partial charge in [0.15, 0.2) is 23.4 Å². The lowest BCUT2D eigenvalue weighted by molar-refractivity contribution is -0.122. The average Bonchev–Trinajstić information content (AvgIpc) is 3.27. The predicted octanol–water partition coefficient (Wildman–Crippen LogP) is 2.41. The van der Waals surface area contributed by atoms with Crippen molar-refractivity contribution in [3.63, 3.8) is 0 Å². The Bertz CT molecular complexity index is 1030. The van der Waals surface area contributed by atoms with Crippen molar-refractivity contribution in [1.29, 1.82) is 0 Å². The highest BCUT2D eigenvalue weighted by atomic mass is 16.7. The summed E-state index contributed by atoms with van der Waals surface area (Å²) in [6.45, 7) is 5.67. The van der Waals surface area contributed by atoms with Gasteiger partial charge in [0.1, 0.15) is 17.9 Å². The Morgan fingerprint density at radius 2 is 2.00 bits per heavy atom. The number of ether oxygens (including phenoxy) is 3.